The topological polar surface area (TPSA) is 45.7 Å². The summed E-state index contributed by atoms with van der Waals surface area (Å²) in [5.41, 5.74) is 0.398. The molecule has 1 amide bonds. The van der Waals surface area contributed by atoms with Crippen molar-refractivity contribution in [3.63, 3.8) is 0 Å². The van der Waals surface area contributed by atoms with Crippen molar-refractivity contribution in [3.05, 3.63) is 65.2 Å². The molecule has 1 atom stereocenters. The third-order valence-corrected chi connectivity index (χ3v) is 3.36. The highest BCUT2D eigenvalue weighted by Gasteiger charge is 2.17. The van der Waals surface area contributed by atoms with E-state index in [4.69, 9.17) is 0 Å². The van der Waals surface area contributed by atoms with Crippen molar-refractivity contribution < 1.29 is 27.7 Å². The van der Waals surface area contributed by atoms with Crippen LogP contribution in [-0.4, -0.2) is 12.5 Å². The van der Waals surface area contributed by atoms with Gasteiger partial charge in [0.2, 0.25) is 0 Å². The molecule has 0 saturated carbocycles. The van der Waals surface area contributed by atoms with Crippen LogP contribution in [0.5, 0.6) is 0 Å². The Morgan fingerprint density at radius 1 is 1.04 bits per heavy atom. The van der Waals surface area contributed by atoms with E-state index in [0.717, 1.165) is 17.7 Å². The molecule has 0 unspecified atom stereocenters. The first-order valence-electron chi connectivity index (χ1n) is 6.90. The molecule has 7 heteroatoms. The molecule has 0 aliphatic heterocycles. The van der Waals surface area contributed by atoms with Crippen LogP contribution in [0.3, 0.4) is 0 Å². The van der Waals surface area contributed by atoms with E-state index in [1.54, 1.807) is 17.4 Å². The second-order valence-corrected chi connectivity index (χ2v) is 5.05. The fraction of sp³-hybridized carbons (Fsp3) is 0.188. The molecule has 2 rings (SSSR count). The minimum atomic E-state index is -1.63. The van der Waals surface area contributed by atoms with E-state index >= 15 is 0 Å². The number of halogens is 4. The maximum absolute atomic E-state index is 13.4. The number of nitrogens with one attached hydrogen (secondary N) is 1. The molecule has 0 saturated heterocycles. The zero-order valence-electron chi connectivity index (χ0n) is 12.2. The highest BCUT2D eigenvalue weighted by molar-refractivity contribution is 5.91. The zero-order valence-corrected chi connectivity index (χ0v) is 12.2. The molecule has 2 aromatic carbocycles. The van der Waals surface area contributed by atoms with Crippen LogP contribution in [0, 0.1) is 23.3 Å². The van der Waals surface area contributed by atoms with Crippen LogP contribution < -0.4 is 10.6 Å². The molecule has 2 aromatic rings. The number of hydrogen-bond donors (Lipinski definition) is 2. The third kappa shape index (κ3) is 4.29. The molecule has 0 heterocycles. The van der Waals surface area contributed by atoms with Crippen molar-refractivity contribution in [1.82, 2.24) is 0 Å². The first-order chi connectivity index (χ1) is 10.9. The quantitative estimate of drug-likeness (QED) is 0.643. The summed E-state index contributed by atoms with van der Waals surface area (Å²) in [6.07, 6.45) is 0. The van der Waals surface area contributed by atoms with Crippen molar-refractivity contribution in [2.75, 3.05) is 11.9 Å². The summed E-state index contributed by atoms with van der Waals surface area (Å²) in [5, 5.41) is 3.84. The Hall–Kier alpha value is -2.41. The predicted molar refractivity (Wildman–Crippen MR) is 76.6 cm³/mol. The summed E-state index contributed by atoms with van der Waals surface area (Å²) in [6.45, 7) is 1.76. The lowest BCUT2D eigenvalue weighted by Gasteiger charge is -2.11. The number of nitrogens with two attached hydrogens (primary N) is 1. The first-order valence-corrected chi connectivity index (χ1v) is 6.90. The first kappa shape index (κ1) is 17.0. The van der Waals surface area contributed by atoms with Crippen LogP contribution in [0.15, 0.2) is 36.4 Å². The van der Waals surface area contributed by atoms with Gasteiger partial charge >= 0.3 is 0 Å². The minimum absolute atomic E-state index is 0.0586. The monoisotopic (exact) mass is 327 g/mol. The highest BCUT2D eigenvalue weighted by Crippen LogP contribution is 2.19. The third-order valence-electron chi connectivity index (χ3n) is 3.36. The highest BCUT2D eigenvalue weighted by atomic mass is 19.2. The van der Waals surface area contributed by atoms with E-state index in [1.165, 1.54) is 12.1 Å². The molecule has 0 radical (unpaired) electrons. The number of hydrogen-bond acceptors (Lipinski definition) is 1. The summed E-state index contributed by atoms with van der Waals surface area (Å²) in [5.74, 6) is -5.32. The normalized spacial score (nSPS) is 12.0. The van der Waals surface area contributed by atoms with E-state index in [0.29, 0.717) is 0 Å². The minimum Gasteiger partial charge on any atom is -0.333 e. The predicted octanol–water partition coefficient (Wildman–Crippen LogP) is 2.51. The lowest BCUT2D eigenvalue weighted by molar-refractivity contribution is -0.682. The number of carbonyl (C=O) groups is 1. The number of quaternary nitrogens is 1. The number of carbonyl (C=O) groups excluding carboxylic acids is 1. The second-order valence-electron chi connectivity index (χ2n) is 5.05. The van der Waals surface area contributed by atoms with Crippen LogP contribution in [-0.2, 0) is 4.79 Å². The molecule has 23 heavy (non-hydrogen) atoms. The second kappa shape index (κ2) is 7.23. The van der Waals surface area contributed by atoms with Crippen LogP contribution in [0.25, 0.3) is 0 Å². The SMILES string of the molecule is C[C@H]([NH2+]CC(=O)Nc1ccc(F)c(F)c1F)c1ccc(F)cc1. The van der Waals surface area contributed by atoms with Crippen molar-refractivity contribution in [2.24, 2.45) is 0 Å². The summed E-state index contributed by atoms with van der Waals surface area (Å²) in [7, 11) is 0. The molecule has 122 valence electrons. The molecule has 0 fully saturated rings. The van der Waals surface area contributed by atoms with E-state index in [1.807, 2.05) is 6.92 Å². The van der Waals surface area contributed by atoms with Crippen LogP contribution >= 0.6 is 0 Å². The molecular formula is C16H15F4N2O+. The van der Waals surface area contributed by atoms with E-state index in [-0.39, 0.29) is 18.4 Å². The summed E-state index contributed by atoms with van der Waals surface area (Å²) in [4.78, 5) is 11.8. The van der Waals surface area contributed by atoms with Gasteiger partial charge in [0.25, 0.3) is 5.91 Å². The average Bonchev–Trinajstić information content (AvgIpc) is 2.54. The van der Waals surface area contributed by atoms with Gasteiger partial charge in [-0.1, -0.05) is 12.1 Å². The van der Waals surface area contributed by atoms with Gasteiger partial charge in [-0.2, -0.15) is 0 Å². The summed E-state index contributed by atoms with van der Waals surface area (Å²) in [6, 6.07) is 7.39. The smallest absolute Gasteiger partial charge is 0.279 e. The summed E-state index contributed by atoms with van der Waals surface area (Å²) >= 11 is 0. The maximum Gasteiger partial charge on any atom is 0.279 e. The van der Waals surface area contributed by atoms with Crippen LogP contribution in [0.4, 0.5) is 23.2 Å². The molecule has 0 aliphatic carbocycles. The molecule has 0 aliphatic rings. The van der Waals surface area contributed by atoms with E-state index < -0.39 is 29.0 Å². The number of amides is 1. The molecular weight excluding hydrogens is 312 g/mol. The lowest BCUT2D eigenvalue weighted by Crippen LogP contribution is -2.86. The summed E-state index contributed by atoms with van der Waals surface area (Å²) < 4.78 is 52.2. The lowest BCUT2D eigenvalue weighted by atomic mass is 10.1. The van der Waals surface area contributed by atoms with Gasteiger partial charge in [-0.25, -0.2) is 17.6 Å². The Bertz CT molecular complexity index is 704. The molecule has 0 bridgehead atoms. The van der Waals surface area contributed by atoms with Crippen LogP contribution in [0.1, 0.15) is 18.5 Å². The van der Waals surface area contributed by atoms with Crippen molar-refractivity contribution >= 4 is 11.6 Å². The van der Waals surface area contributed by atoms with Crippen molar-refractivity contribution in [2.45, 2.75) is 13.0 Å². The number of anilines is 1. The van der Waals surface area contributed by atoms with E-state index in [9.17, 15) is 22.4 Å². The van der Waals surface area contributed by atoms with Crippen molar-refractivity contribution in [1.29, 1.82) is 0 Å². The van der Waals surface area contributed by atoms with E-state index in [2.05, 4.69) is 5.32 Å². The van der Waals surface area contributed by atoms with Gasteiger partial charge in [-0.15, -0.1) is 0 Å². The number of rotatable bonds is 5. The Morgan fingerprint density at radius 3 is 2.35 bits per heavy atom. The Labute approximate surface area is 130 Å². The maximum atomic E-state index is 13.4. The standard InChI is InChI=1S/C16H14F4N2O/c1-9(10-2-4-11(17)5-3-10)21-8-14(23)22-13-7-6-12(18)15(19)16(13)20/h2-7,9,21H,8H2,1H3,(H,22,23)/p+1/t9-/m0/s1. The molecule has 3 nitrogen and oxygen atoms in total. The Balaban J connectivity index is 1.93. The van der Waals surface area contributed by atoms with Gasteiger partial charge in [0.15, 0.2) is 24.0 Å². The zero-order chi connectivity index (χ0) is 17.0. The average molecular weight is 327 g/mol. The Kier molecular flexibility index (Phi) is 5.33. The fourth-order valence-corrected chi connectivity index (χ4v) is 2.01. The molecule has 3 N–H and O–H groups in total. The largest absolute Gasteiger partial charge is 0.333 e. The Morgan fingerprint density at radius 2 is 1.70 bits per heavy atom. The van der Waals surface area contributed by atoms with Gasteiger partial charge in [-0.3, -0.25) is 4.79 Å². The van der Waals surface area contributed by atoms with Gasteiger partial charge in [0.1, 0.15) is 11.9 Å². The van der Waals surface area contributed by atoms with Gasteiger partial charge in [-0.05, 0) is 31.2 Å². The van der Waals surface area contributed by atoms with Gasteiger partial charge < -0.3 is 10.6 Å². The van der Waals surface area contributed by atoms with Crippen molar-refractivity contribution in [3.8, 4) is 0 Å². The molecule has 0 spiro atoms. The fourth-order valence-electron chi connectivity index (χ4n) is 2.01. The van der Waals surface area contributed by atoms with Crippen LogP contribution in [0.2, 0.25) is 0 Å². The number of benzene rings is 2. The van der Waals surface area contributed by atoms with Gasteiger partial charge in [0, 0.05) is 5.56 Å². The molecule has 0 aromatic heterocycles. The van der Waals surface area contributed by atoms with Gasteiger partial charge in [0.05, 0.1) is 5.69 Å².